The van der Waals surface area contributed by atoms with Gasteiger partial charge in [0, 0.05) is 35.9 Å². The minimum Gasteiger partial charge on any atom is -0.367 e. The van der Waals surface area contributed by atoms with Crippen LogP contribution in [0.4, 0.5) is 16.3 Å². The first-order valence-corrected chi connectivity index (χ1v) is 14.4. The molecular formula is C32H35N5OS. The summed E-state index contributed by atoms with van der Waals surface area (Å²) in [5.41, 5.74) is 3.68. The summed E-state index contributed by atoms with van der Waals surface area (Å²) in [5, 5.41) is 17.7. The Morgan fingerprint density at radius 3 is 2.49 bits per heavy atom. The Labute approximate surface area is 235 Å². The third kappa shape index (κ3) is 8.42. The lowest BCUT2D eigenvalue weighted by atomic mass is 10.0. The highest BCUT2D eigenvalue weighted by Crippen LogP contribution is 2.27. The zero-order valence-corrected chi connectivity index (χ0v) is 23.2. The SMILES string of the molecule is CCC[C@H](CCCCN(C(=O)NCc1ccccc1)c1ccc(-c2cccs2)cc1)Nc1ccc(C#N)cn1. The van der Waals surface area contributed by atoms with Gasteiger partial charge in [0.05, 0.1) is 5.56 Å². The largest absolute Gasteiger partial charge is 0.367 e. The second kappa shape index (κ2) is 14.7. The van der Waals surface area contributed by atoms with Crippen LogP contribution in [-0.4, -0.2) is 23.6 Å². The number of nitriles is 1. The Balaban J connectivity index is 1.37. The van der Waals surface area contributed by atoms with Crippen molar-refractivity contribution in [3.8, 4) is 16.5 Å². The zero-order valence-electron chi connectivity index (χ0n) is 22.3. The smallest absolute Gasteiger partial charge is 0.322 e. The molecule has 0 bridgehead atoms. The summed E-state index contributed by atoms with van der Waals surface area (Å²) in [5.74, 6) is 0.792. The van der Waals surface area contributed by atoms with Gasteiger partial charge in [-0.1, -0.05) is 61.9 Å². The first-order chi connectivity index (χ1) is 19.2. The van der Waals surface area contributed by atoms with Gasteiger partial charge >= 0.3 is 6.03 Å². The van der Waals surface area contributed by atoms with Gasteiger partial charge in [-0.05, 0) is 72.5 Å². The normalized spacial score (nSPS) is 11.4. The molecule has 1 atom stereocenters. The molecule has 2 heterocycles. The van der Waals surface area contributed by atoms with Crippen LogP contribution in [0.1, 0.15) is 50.2 Å². The Hall–Kier alpha value is -4.15. The fourth-order valence-corrected chi connectivity index (χ4v) is 5.25. The van der Waals surface area contributed by atoms with E-state index < -0.39 is 0 Å². The Bertz CT molecular complexity index is 1320. The maximum atomic E-state index is 13.3. The summed E-state index contributed by atoms with van der Waals surface area (Å²) in [4.78, 5) is 20.8. The molecule has 4 rings (SSSR count). The van der Waals surface area contributed by atoms with E-state index >= 15 is 0 Å². The molecule has 39 heavy (non-hydrogen) atoms. The number of nitrogens with zero attached hydrogens (tertiary/aromatic N) is 3. The molecule has 200 valence electrons. The van der Waals surface area contributed by atoms with Crippen molar-refractivity contribution in [2.24, 2.45) is 0 Å². The summed E-state index contributed by atoms with van der Waals surface area (Å²) in [7, 11) is 0. The van der Waals surface area contributed by atoms with Gasteiger partial charge in [-0.25, -0.2) is 9.78 Å². The quantitative estimate of drug-likeness (QED) is 0.170. The van der Waals surface area contributed by atoms with Gasteiger partial charge in [0.15, 0.2) is 0 Å². The maximum absolute atomic E-state index is 13.3. The minimum atomic E-state index is -0.0901. The number of amides is 2. The van der Waals surface area contributed by atoms with Crippen LogP contribution < -0.4 is 15.5 Å². The second-order valence-electron chi connectivity index (χ2n) is 9.49. The predicted molar refractivity (Wildman–Crippen MR) is 161 cm³/mol. The minimum absolute atomic E-state index is 0.0901. The summed E-state index contributed by atoms with van der Waals surface area (Å²) < 4.78 is 0. The van der Waals surface area contributed by atoms with Gasteiger partial charge < -0.3 is 10.6 Å². The number of nitrogens with one attached hydrogen (secondary N) is 2. The predicted octanol–water partition coefficient (Wildman–Crippen LogP) is 7.85. The molecule has 2 aromatic carbocycles. The van der Waals surface area contributed by atoms with Crippen molar-refractivity contribution in [1.82, 2.24) is 10.3 Å². The van der Waals surface area contributed by atoms with Crippen molar-refractivity contribution in [2.45, 2.75) is 51.6 Å². The summed E-state index contributed by atoms with van der Waals surface area (Å²) in [6.07, 6.45) is 6.54. The summed E-state index contributed by atoms with van der Waals surface area (Å²) >= 11 is 1.71. The van der Waals surface area contributed by atoms with Gasteiger partial charge in [-0.2, -0.15) is 5.26 Å². The van der Waals surface area contributed by atoms with E-state index in [1.807, 2.05) is 53.4 Å². The zero-order chi connectivity index (χ0) is 27.3. The lowest BCUT2D eigenvalue weighted by Gasteiger charge is -2.24. The number of carbonyl (C=O) groups excluding carboxylic acids is 1. The number of benzene rings is 2. The fourth-order valence-electron chi connectivity index (χ4n) is 4.52. The molecule has 0 aliphatic carbocycles. The standard InChI is InChI=1S/C32H35N5OS/c1-2-9-28(36-31-19-14-26(22-33)24-34-31)12-6-7-20-37(32(38)35-23-25-10-4-3-5-11-25)29-17-15-27(16-18-29)30-13-8-21-39-30/h3-5,8,10-11,13-19,21,24,28H,2,6-7,9,12,20,23H2,1H3,(H,34,36)(H,35,38)/t28-/m1/s1. The summed E-state index contributed by atoms with van der Waals surface area (Å²) in [6.45, 7) is 3.30. The number of hydrogen-bond donors (Lipinski definition) is 2. The van der Waals surface area contributed by atoms with E-state index in [0.29, 0.717) is 24.7 Å². The number of thiophene rings is 1. The molecule has 4 aromatic rings. The monoisotopic (exact) mass is 537 g/mol. The van der Waals surface area contributed by atoms with E-state index in [1.165, 1.54) is 4.88 Å². The van der Waals surface area contributed by atoms with Crippen LogP contribution in [-0.2, 0) is 6.54 Å². The number of aromatic nitrogens is 1. The van der Waals surface area contributed by atoms with Crippen molar-refractivity contribution in [3.63, 3.8) is 0 Å². The highest BCUT2D eigenvalue weighted by Gasteiger charge is 2.16. The van der Waals surface area contributed by atoms with Crippen molar-refractivity contribution >= 4 is 28.9 Å². The lowest BCUT2D eigenvalue weighted by molar-refractivity contribution is 0.245. The lowest BCUT2D eigenvalue weighted by Crippen LogP contribution is -2.40. The third-order valence-electron chi connectivity index (χ3n) is 6.58. The topological polar surface area (TPSA) is 81.0 Å². The number of hydrogen-bond acceptors (Lipinski definition) is 5. The fraction of sp³-hybridized carbons (Fsp3) is 0.281. The van der Waals surface area contributed by atoms with Gasteiger partial charge in [0.25, 0.3) is 0 Å². The van der Waals surface area contributed by atoms with Crippen molar-refractivity contribution in [1.29, 1.82) is 5.26 Å². The molecule has 0 fully saturated rings. The van der Waals surface area contributed by atoms with Crippen molar-refractivity contribution in [3.05, 3.63) is 102 Å². The Kier molecular flexibility index (Phi) is 10.5. The molecule has 2 amide bonds. The van der Waals surface area contributed by atoms with E-state index in [9.17, 15) is 4.79 Å². The maximum Gasteiger partial charge on any atom is 0.322 e. The number of unbranched alkanes of at least 4 members (excludes halogenated alkanes) is 1. The van der Waals surface area contributed by atoms with Crippen LogP contribution in [0.25, 0.3) is 10.4 Å². The van der Waals surface area contributed by atoms with Crippen LogP contribution in [0, 0.1) is 11.3 Å². The molecule has 0 saturated carbocycles. The Morgan fingerprint density at radius 1 is 1.00 bits per heavy atom. The van der Waals surface area contributed by atoms with Crippen LogP contribution in [0.15, 0.2) is 90.4 Å². The summed E-state index contributed by atoms with van der Waals surface area (Å²) in [6, 6.07) is 28.3. The third-order valence-corrected chi connectivity index (χ3v) is 7.50. The first-order valence-electron chi connectivity index (χ1n) is 13.5. The van der Waals surface area contributed by atoms with Crippen molar-refractivity contribution in [2.75, 3.05) is 16.8 Å². The average Bonchev–Trinajstić information content (AvgIpc) is 3.52. The molecular weight excluding hydrogens is 502 g/mol. The van der Waals surface area contributed by atoms with Crippen LogP contribution in [0.5, 0.6) is 0 Å². The molecule has 2 N–H and O–H groups in total. The molecule has 0 aliphatic heterocycles. The first kappa shape index (κ1) is 27.9. The number of anilines is 2. The van der Waals surface area contributed by atoms with Gasteiger partial charge in [-0.15, -0.1) is 11.3 Å². The second-order valence-corrected chi connectivity index (χ2v) is 10.4. The van der Waals surface area contributed by atoms with Gasteiger partial charge in [0.1, 0.15) is 11.9 Å². The number of urea groups is 1. The van der Waals surface area contributed by atoms with Gasteiger partial charge in [0.2, 0.25) is 0 Å². The van der Waals surface area contributed by atoms with Gasteiger partial charge in [-0.3, -0.25) is 4.90 Å². The molecule has 6 nitrogen and oxygen atoms in total. The number of pyridine rings is 1. The molecule has 7 heteroatoms. The molecule has 0 saturated heterocycles. The molecule has 0 radical (unpaired) electrons. The van der Waals surface area contributed by atoms with E-state index in [0.717, 1.165) is 54.7 Å². The van der Waals surface area contributed by atoms with Crippen LogP contribution in [0.2, 0.25) is 0 Å². The average molecular weight is 538 g/mol. The van der Waals surface area contributed by atoms with E-state index in [4.69, 9.17) is 5.26 Å². The molecule has 2 aromatic heterocycles. The van der Waals surface area contributed by atoms with E-state index in [1.54, 1.807) is 23.6 Å². The highest BCUT2D eigenvalue weighted by molar-refractivity contribution is 7.13. The van der Waals surface area contributed by atoms with Crippen LogP contribution >= 0.6 is 11.3 Å². The van der Waals surface area contributed by atoms with Crippen LogP contribution in [0.3, 0.4) is 0 Å². The molecule has 0 spiro atoms. The Morgan fingerprint density at radius 2 is 1.82 bits per heavy atom. The molecule has 0 unspecified atom stereocenters. The van der Waals surface area contributed by atoms with Crippen molar-refractivity contribution < 1.29 is 4.79 Å². The van der Waals surface area contributed by atoms with E-state index in [-0.39, 0.29) is 6.03 Å². The number of rotatable bonds is 13. The van der Waals surface area contributed by atoms with E-state index in [2.05, 4.69) is 58.3 Å². The number of carbonyl (C=O) groups is 1. The highest BCUT2D eigenvalue weighted by atomic mass is 32.1. The molecule has 0 aliphatic rings.